The Morgan fingerprint density at radius 1 is 0.781 bits per heavy atom. The molecule has 1 fully saturated rings. The van der Waals surface area contributed by atoms with Crippen LogP contribution in [0.5, 0.6) is 0 Å². The van der Waals surface area contributed by atoms with Crippen LogP contribution >= 0.6 is 0 Å². The molecular formula is C25H27FN2O3S. The molecule has 168 valence electrons. The maximum Gasteiger partial charge on any atom is 0.246 e. The van der Waals surface area contributed by atoms with Crippen LogP contribution in [0.3, 0.4) is 0 Å². The van der Waals surface area contributed by atoms with Crippen LogP contribution in [0.2, 0.25) is 0 Å². The lowest BCUT2D eigenvalue weighted by atomic mass is 10.0. The number of piperazine rings is 1. The average molecular weight is 455 g/mol. The van der Waals surface area contributed by atoms with Gasteiger partial charge < -0.3 is 4.74 Å². The van der Waals surface area contributed by atoms with Gasteiger partial charge in [0, 0.05) is 32.7 Å². The third kappa shape index (κ3) is 5.24. The smallest absolute Gasteiger partial charge is 0.246 e. The summed E-state index contributed by atoms with van der Waals surface area (Å²) in [5, 5.41) is 0. The number of hydrogen-bond donors (Lipinski definition) is 0. The molecule has 1 aliphatic rings. The molecule has 0 atom stereocenters. The molecule has 1 heterocycles. The summed E-state index contributed by atoms with van der Waals surface area (Å²) >= 11 is 0. The number of rotatable bonds is 8. The fourth-order valence-corrected chi connectivity index (χ4v) is 5.41. The minimum Gasteiger partial charge on any atom is -0.367 e. The number of nitrogens with zero attached hydrogens (tertiary/aromatic N) is 2. The van der Waals surface area contributed by atoms with Crippen molar-refractivity contribution in [1.29, 1.82) is 0 Å². The molecule has 0 radical (unpaired) electrons. The van der Waals surface area contributed by atoms with Gasteiger partial charge in [0.15, 0.2) is 0 Å². The first kappa shape index (κ1) is 22.6. The molecule has 0 unspecified atom stereocenters. The molecule has 0 aliphatic carbocycles. The molecule has 3 aromatic rings. The van der Waals surface area contributed by atoms with Gasteiger partial charge in [-0.15, -0.1) is 0 Å². The van der Waals surface area contributed by atoms with Crippen molar-refractivity contribution in [3.8, 4) is 0 Å². The predicted molar refractivity (Wildman–Crippen MR) is 122 cm³/mol. The molecule has 0 saturated carbocycles. The third-order valence-electron chi connectivity index (χ3n) is 5.68. The number of halogens is 1. The Kier molecular flexibility index (Phi) is 7.32. The van der Waals surface area contributed by atoms with E-state index in [0.29, 0.717) is 39.3 Å². The summed E-state index contributed by atoms with van der Waals surface area (Å²) in [4.78, 5) is 1.92. The van der Waals surface area contributed by atoms with Crippen LogP contribution in [0.1, 0.15) is 17.2 Å². The van der Waals surface area contributed by atoms with Gasteiger partial charge in [0.1, 0.15) is 16.8 Å². The molecule has 5 nitrogen and oxygen atoms in total. The summed E-state index contributed by atoms with van der Waals surface area (Å²) in [5.74, 6) is -0.712. The highest BCUT2D eigenvalue weighted by Gasteiger charge is 2.30. The summed E-state index contributed by atoms with van der Waals surface area (Å²) in [6, 6.07) is 25.8. The molecule has 1 saturated heterocycles. The number of ether oxygens (including phenoxy) is 1. The zero-order valence-electron chi connectivity index (χ0n) is 17.8. The van der Waals surface area contributed by atoms with Gasteiger partial charge in [-0.1, -0.05) is 72.8 Å². The first-order valence-corrected chi connectivity index (χ1v) is 12.2. The average Bonchev–Trinajstić information content (AvgIpc) is 2.83. The van der Waals surface area contributed by atoms with Crippen LogP contribution in [0.25, 0.3) is 0 Å². The number of sulfonamides is 1. The van der Waals surface area contributed by atoms with Gasteiger partial charge in [-0.3, -0.25) is 4.90 Å². The molecule has 1 aliphatic heterocycles. The summed E-state index contributed by atoms with van der Waals surface area (Å²) in [6.45, 7) is 3.05. The largest absolute Gasteiger partial charge is 0.367 e. The van der Waals surface area contributed by atoms with Crippen molar-refractivity contribution in [2.24, 2.45) is 0 Å². The molecule has 32 heavy (non-hydrogen) atoms. The second kappa shape index (κ2) is 10.4. The molecule has 7 heteroatoms. The first-order chi connectivity index (χ1) is 15.6. The van der Waals surface area contributed by atoms with Crippen molar-refractivity contribution < 1.29 is 17.5 Å². The summed E-state index contributed by atoms with van der Waals surface area (Å²) in [7, 11) is -3.82. The minimum atomic E-state index is -3.82. The predicted octanol–water partition coefficient (Wildman–Crippen LogP) is 3.94. The fraction of sp³-hybridized carbons (Fsp3) is 0.280. The van der Waals surface area contributed by atoms with Crippen molar-refractivity contribution in [3.05, 3.63) is 102 Å². The van der Waals surface area contributed by atoms with E-state index in [0.717, 1.165) is 11.1 Å². The monoisotopic (exact) mass is 454 g/mol. The third-order valence-corrected chi connectivity index (χ3v) is 7.61. The standard InChI is InChI=1S/C25H27FN2O3S/c26-23-13-7-8-14-24(23)32(29,30)28-17-15-27(16-18-28)19-20-31-25(21-9-3-1-4-10-21)22-11-5-2-6-12-22/h1-14,25H,15-20H2. The van der Waals surface area contributed by atoms with Crippen LogP contribution in [0.15, 0.2) is 89.8 Å². The van der Waals surface area contributed by atoms with E-state index in [9.17, 15) is 12.8 Å². The Morgan fingerprint density at radius 2 is 1.31 bits per heavy atom. The van der Waals surface area contributed by atoms with Gasteiger partial charge in [0.05, 0.1) is 6.61 Å². The van der Waals surface area contributed by atoms with E-state index in [1.807, 2.05) is 36.4 Å². The zero-order valence-corrected chi connectivity index (χ0v) is 18.6. The molecular weight excluding hydrogens is 427 g/mol. The normalized spacial score (nSPS) is 15.8. The van der Waals surface area contributed by atoms with Gasteiger partial charge in [-0.05, 0) is 23.3 Å². The van der Waals surface area contributed by atoms with Crippen LogP contribution in [-0.4, -0.2) is 57.0 Å². The number of hydrogen-bond acceptors (Lipinski definition) is 4. The van der Waals surface area contributed by atoms with E-state index in [-0.39, 0.29) is 11.0 Å². The lowest BCUT2D eigenvalue weighted by Gasteiger charge is -2.34. The Hall–Kier alpha value is -2.58. The molecule has 0 aromatic heterocycles. The molecule has 3 aromatic carbocycles. The van der Waals surface area contributed by atoms with E-state index < -0.39 is 15.8 Å². The highest BCUT2D eigenvalue weighted by molar-refractivity contribution is 7.89. The van der Waals surface area contributed by atoms with E-state index in [1.165, 1.54) is 22.5 Å². The molecule has 0 amide bonds. The van der Waals surface area contributed by atoms with E-state index in [4.69, 9.17) is 4.74 Å². The van der Waals surface area contributed by atoms with Crippen molar-refractivity contribution >= 4 is 10.0 Å². The Balaban J connectivity index is 1.33. The van der Waals surface area contributed by atoms with Crippen LogP contribution in [0, 0.1) is 5.82 Å². The van der Waals surface area contributed by atoms with Crippen molar-refractivity contribution in [2.45, 2.75) is 11.0 Å². The van der Waals surface area contributed by atoms with E-state index in [2.05, 4.69) is 29.2 Å². The SMILES string of the molecule is O=S(=O)(c1ccccc1F)N1CCN(CCOC(c2ccccc2)c2ccccc2)CC1. The Morgan fingerprint density at radius 3 is 1.88 bits per heavy atom. The summed E-state index contributed by atoms with van der Waals surface area (Å²) < 4.78 is 47.2. The van der Waals surface area contributed by atoms with Crippen LogP contribution in [-0.2, 0) is 14.8 Å². The fourth-order valence-electron chi connectivity index (χ4n) is 3.93. The maximum absolute atomic E-state index is 14.0. The van der Waals surface area contributed by atoms with Gasteiger partial charge in [-0.2, -0.15) is 4.31 Å². The molecule has 0 N–H and O–H groups in total. The lowest BCUT2D eigenvalue weighted by molar-refractivity contribution is 0.0527. The lowest BCUT2D eigenvalue weighted by Crippen LogP contribution is -2.49. The topological polar surface area (TPSA) is 49.9 Å². The number of benzene rings is 3. The van der Waals surface area contributed by atoms with E-state index >= 15 is 0 Å². The van der Waals surface area contributed by atoms with E-state index in [1.54, 1.807) is 6.07 Å². The van der Waals surface area contributed by atoms with Crippen LogP contribution in [0.4, 0.5) is 4.39 Å². The van der Waals surface area contributed by atoms with Gasteiger partial charge in [-0.25, -0.2) is 12.8 Å². The maximum atomic E-state index is 14.0. The minimum absolute atomic E-state index is 0.153. The van der Waals surface area contributed by atoms with Crippen molar-refractivity contribution in [2.75, 3.05) is 39.3 Å². The highest BCUT2D eigenvalue weighted by atomic mass is 32.2. The van der Waals surface area contributed by atoms with Crippen molar-refractivity contribution in [3.63, 3.8) is 0 Å². The first-order valence-electron chi connectivity index (χ1n) is 10.7. The highest BCUT2D eigenvalue weighted by Crippen LogP contribution is 2.26. The zero-order chi connectivity index (χ0) is 22.4. The summed E-state index contributed by atoms with van der Waals surface area (Å²) in [5.41, 5.74) is 2.19. The van der Waals surface area contributed by atoms with Gasteiger partial charge in [0.25, 0.3) is 0 Å². The molecule has 0 bridgehead atoms. The molecule has 4 rings (SSSR count). The Labute approximate surface area is 189 Å². The second-order valence-corrected chi connectivity index (χ2v) is 9.65. The Bertz CT molecular complexity index is 1060. The van der Waals surface area contributed by atoms with Gasteiger partial charge >= 0.3 is 0 Å². The second-order valence-electron chi connectivity index (χ2n) is 7.75. The molecule has 0 spiro atoms. The van der Waals surface area contributed by atoms with Crippen LogP contribution < -0.4 is 0 Å². The summed E-state index contributed by atoms with van der Waals surface area (Å²) in [6.07, 6.45) is -0.153. The van der Waals surface area contributed by atoms with Crippen molar-refractivity contribution in [1.82, 2.24) is 9.21 Å². The quantitative estimate of drug-likeness (QED) is 0.517. The van der Waals surface area contributed by atoms with Gasteiger partial charge in [0.2, 0.25) is 10.0 Å².